The molecule has 4 heteroatoms. The number of thioether (sulfide) groups is 1. The van der Waals surface area contributed by atoms with Crippen LogP contribution in [0.4, 0.5) is 0 Å². The van der Waals surface area contributed by atoms with Crippen LogP contribution in [-0.2, 0) is 4.79 Å². The van der Waals surface area contributed by atoms with E-state index in [9.17, 15) is 4.79 Å². The zero-order chi connectivity index (χ0) is 11.7. The summed E-state index contributed by atoms with van der Waals surface area (Å²) in [6.07, 6.45) is 0. The molecule has 0 aromatic carbocycles. The van der Waals surface area contributed by atoms with Gasteiger partial charge in [-0.2, -0.15) is 10.2 Å². The Morgan fingerprint density at radius 2 is 1.40 bits per heavy atom. The fourth-order valence-corrected chi connectivity index (χ4v) is 4.49. The molecule has 1 aliphatic carbocycles. The molecule has 1 aliphatic heterocycles. The van der Waals surface area contributed by atoms with Crippen LogP contribution in [-0.4, -0.2) is 15.5 Å². The molecule has 3 nitrogen and oxygen atoms in total. The van der Waals surface area contributed by atoms with Gasteiger partial charge < -0.3 is 0 Å². The predicted octanol–water partition coefficient (Wildman–Crippen LogP) is 3.25. The van der Waals surface area contributed by atoms with Gasteiger partial charge in [-0.3, -0.25) is 4.79 Å². The highest BCUT2D eigenvalue weighted by Gasteiger charge is 2.76. The van der Waals surface area contributed by atoms with Crippen molar-refractivity contribution in [2.45, 2.75) is 51.3 Å². The number of nitrogens with zero attached hydrogens (tertiary/aromatic N) is 2. The van der Waals surface area contributed by atoms with Gasteiger partial charge in [0.15, 0.2) is 10.7 Å². The van der Waals surface area contributed by atoms with Gasteiger partial charge in [0.2, 0.25) is 0 Å². The van der Waals surface area contributed by atoms with Crippen LogP contribution in [0.15, 0.2) is 10.2 Å². The van der Waals surface area contributed by atoms with Gasteiger partial charge in [-0.1, -0.05) is 11.8 Å². The quantitative estimate of drug-likeness (QED) is 0.636. The van der Waals surface area contributed by atoms with E-state index in [4.69, 9.17) is 0 Å². The van der Waals surface area contributed by atoms with E-state index in [-0.39, 0.29) is 9.74 Å². The Kier molecular flexibility index (Phi) is 1.83. The van der Waals surface area contributed by atoms with Crippen LogP contribution >= 0.6 is 11.8 Å². The van der Waals surface area contributed by atoms with Crippen molar-refractivity contribution >= 4 is 17.5 Å². The molecule has 1 fully saturated rings. The van der Waals surface area contributed by atoms with Gasteiger partial charge in [-0.25, -0.2) is 0 Å². The van der Waals surface area contributed by atoms with Gasteiger partial charge >= 0.3 is 0 Å². The maximum Gasteiger partial charge on any atom is 0.153 e. The fourth-order valence-electron chi connectivity index (χ4n) is 2.91. The SMILES string of the molecule is CC1(C)N=NC2(S1)C(C)(C)C(=O)C2(C)C. The summed E-state index contributed by atoms with van der Waals surface area (Å²) >= 11 is 1.72. The van der Waals surface area contributed by atoms with Crippen LogP contribution in [0.5, 0.6) is 0 Å². The van der Waals surface area contributed by atoms with Gasteiger partial charge in [-0.05, 0) is 41.5 Å². The van der Waals surface area contributed by atoms with Crippen LogP contribution in [0.1, 0.15) is 41.5 Å². The third-order valence-electron chi connectivity index (χ3n) is 3.66. The molecule has 0 aromatic rings. The summed E-state index contributed by atoms with van der Waals surface area (Å²) in [6, 6.07) is 0. The number of hydrogen-bond acceptors (Lipinski definition) is 4. The first-order valence-electron chi connectivity index (χ1n) is 5.26. The summed E-state index contributed by atoms with van der Waals surface area (Å²) in [7, 11) is 0. The number of ketones is 1. The second kappa shape index (κ2) is 2.47. The Hall–Kier alpha value is -0.380. The molecule has 1 spiro atoms. The first-order valence-corrected chi connectivity index (χ1v) is 6.08. The summed E-state index contributed by atoms with van der Waals surface area (Å²) < 4.78 is 0. The molecule has 0 radical (unpaired) electrons. The van der Waals surface area contributed by atoms with Crippen molar-refractivity contribution in [2.24, 2.45) is 21.1 Å². The molecule has 15 heavy (non-hydrogen) atoms. The first kappa shape index (κ1) is 11.1. The Morgan fingerprint density at radius 3 is 1.73 bits per heavy atom. The molecule has 84 valence electrons. The normalized spacial score (nSPS) is 33.1. The zero-order valence-electron chi connectivity index (χ0n) is 10.2. The zero-order valence-corrected chi connectivity index (χ0v) is 11.0. The Balaban J connectivity index is 2.47. The van der Waals surface area contributed by atoms with E-state index in [0.717, 1.165) is 0 Å². The molecule has 0 N–H and O–H groups in total. The van der Waals surface area contributed by atoms with Crippen molar-refractivity contribution < 1.29 is 4.79 Å². The molecule has 2 rings (SSSR count). The molecule has 1 saturated carbocycles. The van der Waals surface area contributed by atoms with Crippen molar-refractivity contribution in [1.82, 2.24) is 0 Å². The topological polar surface area (TPSA) is 41.8 Å². The van der Waals surface area contributed by atoms with E-state index < -0.39 is 10.8 Å². The number of carbonyl (C=O) groups is 1. The van der Waals surface area contributed by atoms with E-state index >= 15 is 0 Å². The largest absolute Gasteiger partial charge is 0.298 e. The lowest BCUT2D eigenvalue weighted by Gasteiger charge is -2.60. The average molecular weight is 226 g/mol. The van der Waals surface area contributed by atoms with E-state index in [0.29, 0.717) is 5.78 Å². The number of Topliss-reactive ketones (excluding diaryl/α,β-unsaturated/α-hetero) is 1. The van der Waals surface area contributed by atoms with Crippen molar-refractivity contribution in [3.05, 3.63) is 0 Å². The van der Waals surface area contributed by atoms with Gasteiger partial charge in [0.1, 0.15) is 4.87 Å². The Labute approximate surface area is 95.1 Å². The van der Waals surface area contributed by atoms with Crippen LogP contribution in [0.3, 0.4) is 0 Å². The van der Waals surface area contributed by atoms with Gasteiger partial charge in [-0.15, -0.1) is 0 Å². The maximum atomic E-state index is 12.1. The van der Waals surface area contributed by atoms with Crippen molar-refractivity contribution in [3.63, 3.8) is 0 Å². The number of azo groups is 1. The average Bonchev–Trinajstić information content (AvgIpc) is 2.42. The summed E-state index contributed by atoms with van der Waals surface area (Å²) in [6.45, 7) is 12.0. The van der Waals surface area contributed by atoms with E-state index in [1.165, 1.54) is 0 Å². The molecule has 0 bridgehead atoms. The minimum atomic E-state index is -0.390. The van der Waals surface area contributed by atoms with Gasteiger partial charge in [0.25, 0.3) is 0 Å². The summed E-state index contributed by atoms with van der Waals surface area (Å²) in [4.78, 5) is 11.5. The van der Waals surface area contributed by atoms with Crippen LogP contribution in [0, 0.1) is 10.8 Å². The van der Waals surface area contributed by atoms with E-state index in [1.807, 2.05) is 41.5 Å². The van der Waals surface area contributed by atoms with Gasteiger partial charge in [0, 0.05) is 0 Å². The molecule has 0 saturated heterocycles. The van der Waals surface area contributed by atoms with E-state index in [2.05, 4.69) is 10.2 Å². The molecule has 0 atom stereocenters. The van der Waals surface area contributed by atoms with E-state index in [1.54, 1.807) is 11.8 Å². The maximum absolute atomic E-state index is 12.1. The molecule has 0 aromatic heterocycles. The lowest BCUT2D eigenvalue weighted by molar-refractivity contribution is -0.159. The fraction of sp³-hybridized carbons (Fsp3) is 0.909. The highest BCUT2D eigenvalue weighted by molar-refractivity contribution is 8.02. The number of hydrogen-bond donors (Lipinski definition) is 0. The monoisotopic (exact) mass is 226 g/mol. The summed E-state index contributed by atoms with van der Waals surface area (Å²) in [5.74, 6) is 0.291. The second-order valence-electron chi connectivity index (χ2n) is 5.97. The molecular weight excluding hydrogens is 208 g/mol. The molecule has 2 aliphatic rings. The van der Waals surface area contributed by atoms with Crippen LogP contribution in [0.25, 0.3) is 0 Å². The predicted molar refractivity (Wildman–Crippen MR) is 61.8 cm³/mol. The minimum absolute atomic E-state index is 0.199. The molecule has 1 heterocycles. The third-order valence-corrected chi connectivity index (χ3v) is 5.64. The second-order valence-corrected chi connectivity index (χ2v) is 7.77. The Bertz CT molecular complexity index is 351. The number of carbonyl (C=O) groups excluding carboxylic acids is 1. The highest BCUT2D eigenvalue weighted by atomic mass is 32.2. The molecular formula is C11H18N2OS. The van der Waals surface area contributed by atoms with Crippen molar-refractivity contribution in [1.29, 1.82) is 0 Å². The summed E-state index contributed by atoms with van der Waals surface area (Å²) in [5.41, 5.74) is -0.781. The minimum Gasteiger partial charge on any atom is -0.298 e. The lowest BCUT2D eigenvalue weighted by atomic mass is 9.50. The highest BCUT2D eigenvalue weighted by Crippen LogP contribution is 2.70. The lowest BCUT2D eigenvalue weighted by Crippen LogP contribution is -2.71. The van der Waals surface area contributed by atoms with Crippen LogP contribution < -0.4 is 0 Å². The van der Waals surface area contributed by atoms with Crippen LogP contribution in [0.2, 0.25) is 0 Å². The third kappa shape index (κ3) is 1.01. The number of rotatable bonds is 0. The first-order chi connectivity index (χ1) is 6.57. The molecule has 0 amide bonds. The summed E-state index contributed by atoms with van der Waals surface area (Å²) in [5, 5.41) is 8.75. The van der Waals surface area contributed by atoms with Crippen molar-refractivity contribution in [3.8, 4) is 0 Å². The standard InChI is InChI=1S/C11H18N2OS/c1-8(2)7(14)9(3,4)11(8)13-12-10(5,6)15-11/h1-6H3. The molecule has 0 unspecified atom stereocenters. The van der Waals surface area contributed by atoms with Crippen molar-refractivity contribution in [2.75, 3.05) is 0 Å². The van der Waals surface area contributed by atoms with Gasteiger partial charge in [0.05, 0.1) is 10.8 Å². The smallest absolute Gasteiger partial charge is 0.153 e. The Morgan fingerprint density at radius 1 is 0.933 bits per heavy atom.